The molecule has 4 heteroatoms. The van der Waals surface area contributed by atoms with E-state index in [-0.39, 0.29) is 0 Å². The molecule has 1 aliphatic heterocycles. The normalized spacial score (nSPS) is 26.4. The van der Waals surface area contributed by atoms with Crippen molar-refractivity contribution in [3.05, 3.63) is 15.6 Å². The smallest absolute Gasteiger partial charge is 0.0900 e. The first-order valence-corrected chi connectivity index (χ1v) is 7.32. The van der Waals surface area contributed by atoms with E-state index >= 15 is 0 Å². The van der Waals surface area contributed by atoms with E-state index in [4.69, 9.17) is 5.73 Å². The second kappa shape index (κ2) is 5.46. The van der Waals surface area contributed by atoms with Crippen molar-refractivity contribution in [2.75, 3.05) is 6.54 Å². The first-order valence-electron chi connectivity index (χ1n) is 6.50. The summed E-state index contributed by atoms with van der Waals surface area (Å²) in [6, 6.07) is 1.21. The molecule has 1 aromatic rings. The lowest BCUT2D eigenvalue weighted by Crippen LogP contribution is -2.48. The fraction of sp³-hybridized carbons (Fsp3) is 0.769. The van der Waals surface area contributed by atoms with E-state index < -0.39 is 0 Å². The molecule has 0 amide bonds. The van der Waals surface area contributed by atoms with Crippen LogP contribution < -0.4 is 5.73 Å². The number of hydrogen-bond donors (Lipinski definition) is 1. The number of hydrogen-bond acceptors (Lipinski definition) is 4. The van der Waals surface area contributed by atoms with Crippen molar-refractivity contribution < 1.29 is 0 Å². The van der Waals surface area contributed by atoms with Gasteiger partial charge < -0.3 is 5.73 Å². The van der Waals surface area contributed by atoms with Crippen molar-refractivity contribution in [1.82, 2.24) is 9.88 Å². The Balaban J connectivity index is 2.12. The molecule has 1 aromatic heterocycles. The molecule has 96 valence electrons. The summed E-state index contributed by atoms with van der Waals surface area (Å²) in [5.74, 6) is 0. The maximum atomic E-state index is 5.90. The molecule has 2 heterocycles. The molecule has 0 bridgehead atoms. The number of thiazole rings is 1. The van der Waals surface area contributed by atoms with Crippen LogP contribution in [0.1, 0.15) is 41.8 Å². The zero-order valence-electron chi connectivity index (χ0n) is 11.1. The van der Waals surface area contributed by atoms with Gasteiger partial charge in [0.1, 0.15) is 0 Å². The monoisotopic (exact) mass is 253 g/mol. The molecular formula is C13H23N3S. The van der Waals surface area contributed by atoms with Crippen LogP contribution in [0.2, 0.25) is 0 Å². The number of aromatic nitrogens is 1. The highest BCUT2D eigenvalue weighted by molar-refractivity contribution is 7.11. The van der Waals surface area contributed by atoms with Gasteiger partial charge in [0.15, 0.2) is 0 Å². The van der Waals surface area contributed by atoms with Gasteiger partial charge in [-0.2, -0.15) is 0 Å². The van der Waals surface area contributed by atoms with Crippen LogP contribution in [0.5, 0.6) is 0 Å². The summed E-state index contributed by atoms with van der Waals surface area (Å²) in [7, 11) is 0. The van der Waals surface area contributed by atoms with Crippen molar-refractivity contribution in [2.45, 2.75) is 58.7 Å². The van der Waals surface area contributed by atoms with Crippen LogP contribution in [-0.4, -0.2) is 28.5 Å². The zero-order valence-corrected chi connectivity index (χ0v) is 11.9. The van der Waals surface area contributed by atoms with Gasteiger partial charge in [0.25, 0.3) is 0 Å². The van der Waals surface area contributed by atoms with Gasteiger partial charge in [-0.25, -0.2) is 4.98 Å². The Kier molecular flexibility index (Phi) is 4.17. The molecule has 3 nitrogen and oxygen atoms in total. The topological polar surface area (TPSA) is 42.2 Å². The molecule has 17 heavy (non-hydrogen) atoms. The summed E-state index contributed by atoms with van der Waals surface area (Å²) in [4.78, 5) is 8.50. The molecular weight excluding hydrogens is 230 g/mol. The van der Waals surface area contributed by atoms with Gasteiger partial charge in [0, 0.05) is 30.1 Å². The molecule has 2 N–H and O–H groups in total. The third-order valence-electron chi connectivity index (χ3n) is 3.79. The van der Waals surface area contributed by atoms with E-state index in [0.717, 1.165) is 13.1 Å². The highest BCUT2D eigenvalue weighted by Gasteiger charge is 2.27. The number of nitrogens with zero attached hydrogens (tertiary/aromatic N) is 2. The Morgan fingerprint density at radius 3 is 2.76 bits per heavy atom. The lowest BCUT2D eigenvalue weighted by molar-refractivity contribution is 0.0901. The highest BCUT2D eigenvalue weighted by atomic mass is 32.1. The Morgan fingerprint density at radius 1 is 1.41 bits per heavy atom. The molecule has 1 saturated heterocycles. The van der Waals surface area contributed by atoms with E-state index in [1.54, 1.807) is 0 Å². The predicted molar refractivity (Wildman–Crippen MR) is 73.3 cm³/mol. The van der Waals surface area contributed by atoms with Crippen LogP contribution >= 0.6 is 11.3 Å². The minimum atomic E-state index is 0.556. The third-order valence-corrected chi connectivity index (χ3v) is 4.85. The fourth-order valence-corrected chi connectivity index (χ4v) is 3.71. The van der Waals surface area contributed by atoms with Crippen LogP contribution in [0.4, 0.5) is 0 Å². The second-order valence-corrected chi connectivity index (χ2v) is 6.37. The number of aryl methyl sites for hydroxylation is 2. The third kappa shape index (κ3) is 2.87. The van der Waals surface area contributed by atoms with Gasteiger partial charge >= 0.3 is 0 Å². The van der Waals surface area contributed by atoms with Crippen molar-refractivity contribution in [2.24, 2.45) is 5.73 Å². The van der Waals surface area contributed by atoms with Crippen molar-refractivity contribution in [3.63, 3.8) is 0 Å². The Hall–Kier alpha value is -0.450. The summed E-state index contributed by atoms with van der Waals surface area (Å²) >= 11 is 1.83. The average molecular weight is 253 g/mol. The van der Waals surface area contributed by atoms with E-state index in [1.165, 1.54) is 34.8 Å². The van der Waals surface area contributed by atoms with Gasteiger partial charge in [-0.1, -0.05) is 6.42 Å². The molecule has 2 rings (SSSR count). The maximum absolute atomic E-state index is 5.90. The lowest BCUT2D eigenvalue weighted by atomic mass is 9.96. The summed E-state index contributed by atoms with van der Waals surface area (Å²) in [6.45, 7) is 8.33. The highest BCUT2D eigenvalue weighted by Crippen LogP contribution is 2.27. The summed E-state index contributed by atoms with van der Waals surface area (Å²) in [5.41, 5.74) is 7.09. The first kappa shape index (κ1) is 13.0. The lowest BCUT2D eigenvalue weighted by Gasteiger charge is -2.40. The number of nitrogens with two attached hydrogens (primary N) is 1. The van der Waals surface area contributed by atoms with Crippen LogP contribution in [0.3, 0.4) is 0 Å². The summed E-state index contributed by atoms with van der Waals surface area (Å²) in [5, 5.41) is 1.17. The van der Waals surface area contributed by atoms with Crippen LogP contribution in [0.25, 0.3) is 0 Å². The molecule has 2 unspecified atom stereocenters. The SMILES string of the molecule is Cc1nc(C)c(CN2C(C)CCCC2CN)s1. The summed E-state index contributed by atoms with van der Waals surface area (Å²) < 4.78 is 0. The van der Waals surface area contributed by atoms with E-state index in [9.17, 15) is 0 Å². The van der Waals surface area contributed by atoms with E-state index in [0.29, 0.717) is 12.1 Å². The van der Waals surface area contributed by atoms with Crippen molar-refractivity contribution >= 4 is 11.3 Å². The molecule has 2 atom stereocenters. The quantitative estimate of drug-likeness (QED) is 0.900. The van der Waals surface area contributed by atoms with Crippen LogP contribution in [-0.2, 0) is 6.54 Å². The largest absolute Gasteiger partial charge is 0.329 e. The predicted octanol–water partition coefficient (Wildman–Crippen LogP) is 2.46. The number of piperidine rings is 1. The molecule has 0 radical (unpaired) electrons. The van der Waals surface area contributed by atoms with Crippen LogP contribution in [0, 0.1) is 13.8 Å². The Morgan fingerprint density at radius 2 is 2.18 bits per heavy atom. The number of rotatable bonds is 3. The van der Waals surface area contributed by atoms with Gasteiger partial charge in [0.2, 0.25) is 0 Å². The molecule has 1 aliphatic rings. The minimum Gasteiger partial charge on any atom is -0.329 e. The average Bonchev–Trinajstić information content (AvgIpc) is 2.60. The van der Waals surface area contributed by atoms with E-state index in [2.05, 4.69) is 30.7 Å². The molecule has 0 spiro atoms. The van der Waals surface area contributed by atoms with Gasteiger partial charge in [-0.15, -0.1) is 11.3 Å². The first-order chi connectivity index (χ1) is 8.11. The van der Waals surface area contributed by atoms with Crippen LogP contribution in [0.15, 0.2) is 0 Å². The molecule has 0 aliphatic carbocycles. The van der Waals surface area contributed by atoms with Crippen molar-refractivity contribution in [3.8, 4) is 0 Å². The van der Waals surface area contributed by atoms with Gasteiger partial charge in [-0.05, 0) is 33.6 Å². The van der Waals surface area contributed by atoms with Crippen molar-refractivity contribution in [1.29, 1.82) is 0 Å². The number of likely N-dealkylation sites (tertiary alicyclic amines) is 1. The Bertz CT molecular complexity index is 375. The molecule has 1 fully saturated rings. The van der Waals surface area contributed by atoms with Gasteiger partial charge in [-0.3, -0.25) is 4.90 Å². The molecule has 0 aromatic carbocycles. The van der Waals surface area contributed by atoms with E-state index in [1.807, 2.05) is 11.3 Å². The standard InChI is InChI=1S/C13H23N3S/c1-9-5-4-6-12(7-14)16(9)8-13-10(2)15-11(3)17-13/h9,12H,4-8,14H2,1-3H3. The Labute approximate surface area is 108 Å². The maximum Gasteiger partial charge on any atom is 0.0900 e. The second-order valence-electron chi connectivity index (χ2n) is 5.08. The fourth-order valence-electron chi connectivity index (χ4n) is 2.76. The minimum absolute atomic E-state index is 0.556. The van der Waals surface area contributed by atoms with Gasteiger partial charge in [0.05, 0.1) is 10.7 Å². The molecule has 0 saturated carbocycles. The summed E-state index contributed by atoms with van der Waals surface area (Å²) in [6.07, 6.45) is 3.87. The zero-order chi connectivity index (χ0) is 12.4.